The van der Waals surface area contributed by atoms with Crippen molar-refractivity contribution in [2.45, 2.75) is 20.0 Å². The van der Waals surface area contributed by atoms with E-state index in [1.165, 1.54) is 6.21 Å². The second-order valence-corrected chi connectivity index (χ2v) is 3.47. The Bertz CT molecular complexity index is 371. The van der Waals surface area contributed by atoms with Crippen molar-refractivity contribution >= 4 is 12.2 Å². The molecule has 0 aliphatic carbocycles. The van der Waals surface area contributed by atoms with Gasteiger partial charge >= 0.3 is 6.03 Å². The zero-order chi connectivity index (χ0) is 12.0. The van der Waals surface area contributed by atoms with E-state index in [1.807, 2.05) is 38.1 Å². The van der Waals surface area contributed by atoms with Gasteiger partial charge in [-0.25, -0.2) is 10.2 Å². The third-order valence-corrected chi connectivity index (χ3v) is 1.64. The molecule has 0 saturated carbocycles. The van der Waals surface area contributed by atoms with Crippen molar-refractivity contribution in [3.8, 4) is 5.75 Å². The fraction of sp³-hybridized carbons (Fsp3) is 0.273. The van der Waals surface area contributed by atoms with Crippen molar-refractivity contribution in [2.24, 2.45) is 10.8 Å². The summed E-state index contributed by atoms with van der Waals surface area (Å²) in [5.74, 6) is 0.801. The van der Waals surface area contributed by atoms with Crippen molar-refractivity contribution < 1.29 is 9.53 Å². The number of hydrogen-bond acceptors (Lipinski definition) is 3. The molecular weight excluding hydrogens is 206 g/mol. The second kappa shape index (κ2) is 5.75. The summed E-state index contributed by atoms with van der Waals surface area (Å²) >= 11 is 0. The maximum Gasteiger partial charge on any atom is 0.332 e. The highest BCUT2D eigenvalue weighted by molar-refractivity contribution is 5.81. The number of nitrogens with one attached hydrogen (secondary N) is 1. The minimum Gasteiger partial charge on any atom is -0.491 e. The van der Waals surface area contributed by atoms with Crippen molar-refractivity contribution in [1.82, 2.24) is 5.43 Å². The zero-order valence-electron chi connectivity index (χ0n) is 9.31. The van der Waals surface area contributed by atoms with Crippen molar-refractivity contribution in [3.63, 3.8) is 0 Å². The molecule has 0 atom stereocenters. The Balaban J connectivity index is 2.57. The average molecular weight is 221 g/mol. The Hall–Kier alpha value is -2.04. The fourth-order valence-electron chi connectivity index (χ4n) is 1.08. The molecule has 0 saturated heterocycles. The standard InChI is InChI=1S/C11H15N3O2/c1-8(2)16-10-5-3-9(4-6-10)7-13-14-11(12)15/h3-8H,1-2H3,(H3,12,14,15). The molecule has 0 radical (unpaired) electrons. The summed E-state index contributed by atoms with van der Waals surface area (Å²) in [6.45, 7) is 3.93. The lowest BCUT2D eigenvalue weighted by Crippen LogP contribution is -2.24. The summed E-state index contributed by atoms with van der Waals surface area (Å²) in [6, 6.07) is 6.67. The number of benzene rings is 1. The molecule has 0 aliphatic heterocycles. The quantitative estimate of drug-likeness (QED) is 0.596. The maximum atomic E-state index is 10.3. The van der Waals surface area contributed by atoms with Crippen LogP contribution in [0.5, 0.6) is 5.75 Å². The van der Waals surface area contributed by atoms with Crippen molar-refractivity contribution in [2.75, 3.05) is 0 Å². The number of carbonyl (C=O) groups excluding carboxylic acids is 1. The highest BCUT2D eigenvalue weighted by atomic mass is 16.5. The van der Waals surface area contributed by atoms with Crippen LogP contribution < -0.4 is 15.9 Å². The van der Waals surface area contributed by atoms with E-state index in [4.69, 9.17) is 10.5 Å². The summed E-state index contributed by atoms with van der Waals surface area (Å²) in [4.78, 5) is 10.3. The van der Waals surface area contributed by atoms with Gasteiger partial charge in [-0.15, -0.1) is 0 Å². The summed E-state index contributed by atoms with van der Waals surface area (Å²) in [7, 11) is 0. The van der Waals surface area contributed by atoms with Crippen LogP contribution in [0.3, 0.4) is 0 Å². The van der Waals surface area contributed by atoms with Gasteiger partial charge in [0.2, 0.25) is 0 Å². The second-order valence-electron chi connectivity index (χ2n) is 3.47. The van der Waals surface area contributed by atoms with Crippen molar-refractivity contribution in [1.29, 1.82) is 0 Å². The van der Waals surface area contributed by atoms with Crippen LogP contribution >= 0.6 is 0 Å². The highest BCUT2D eigenvalue weighted by Gasteiger charge is 1.96. The first-order valence-corrected chi connectivity index (χ1v) is 4.93. The molecule has 0 fully saturated rings. The Morgan fingerprint density at radius 1 is 1.44 bits per heavy atom. The molecule has 0 bridgehead atoms. The normalized spacial score (nSPS) is 10.7. The first kappa shape index (κ1) is 12.0. The topological polar surface area (TPSA) is 76.7 Å². The van der Waals surface area contributed by atoms with E-state index in [-0.39, 0.29) is 6.10 Å². The highest BCUT2D eigenvalue weighted by Crippen LogP contribution is 2.12. The molecular formula is C11H15N3O2. The largest absolute Gasteiger partial charge is 0.491 e. The van der Waals surface area contributed by atoms with Crippen LogP contribution in [0, 0.1) is 0 Å². The van der Waals surface area contributed by atoms with Gasteiger partial charge in [-0.2, -0.15) is 5.10 Å². The van der Waals surface area contributed by atoms with Crippen LogP contribution in [0.25, 0.3) is 0 Å². The maximum absolute atomic E-state index is 10.3. The molecule has 1 rings (SSSR count). The van der Waals surface area contributed by atoms with Crippen LogP contribution in [-0.2, 0) is 0 Å². The number of hydrogen-bond donors (Lipinski definition) is 2. The van der Waals surface area contributed by atoms with Gasteiger partial charge in [-0.3, -0.25) is 0 Å². The lowest BCUT2D eigenvalue weighted by molar-refractivity contribution is 0.242. The Morgan fingerprint density at radius 2 is 2.06 bits per heavy atom. The smallest absolute Gasteiger partial charge is 0.332 e. The predicted molar refractivity (Wildman–Crippen MR) is 62.5 cm³/mol. The molecule has 0 aromatic heterocycles. The van der Waals surface area contributed by atoms with E-state index < -0.39 is 6.03 Å². The molecule has 5 heteroatoms. The summed E-state index contributed by atoms with van der Waals surface area (Å²) in [6.07, 6.45) is 1.65. The van der Waals surface area contributed by atoms with Gasteiger partial charge in [0.15, 0.2) is 0 Å². The number of amides is 2. The lowest BCUT2D eigenvalue weighted by atomic mass is 10.2. The molecule has 16 heavy (non-hydrogen) atoms. The van der Waals surface area contributed by atoms with Gasteiger partial charge in [0.25, 0.3) is 0 Å². The van der Waals surface area contributed by atoms with Crippen LogP contribution in [-0.4, -0.2) is 18.3 Å². The third-order valence-electron chi connectivity index (χ3n) is 1.64. The summed E-state index contributed by atoms with van der Waals surface area (Å²) in [5.41, 5.74) is 7.82. The predicted octanol–water partition coefficient (Wildman–Crippen LogP) is 1.48. The van der Waals surface area contributed by atoms with Gasteiger partial charge in [-0.1, -0.05) is 0 Å². The molecule has 0 unspecified atom stereocenters. The van der Waals surface area contributed by atoms with Gasteiger partial charge in [0, 0.05) is 0 Å². The van der Waals surface area contributed by atoms with Gasteiger partial charge in [-0.05, 0) is 43.7 Å². The minimum atomic E-state index is -0.684. The number of nitrogens with zero attached hydrogens (tertiary/aromatic N) is 1. The molecule has 5 nitrogen and oxygen atoms in total. The Labute approximate surface area is 94.3 Å². The summed E-state index contributed by atoms with van der Waals surface area (Å²) in [5, 5.41) is 3.64. The Morgan fingerprint density at radius 3 is 2.56 bits per heavy atom. The van der Waals surface area contributed by atoms with Gasteiger partial charge in [0.1, 0.15) is 5.75 Å². The molecule has 1 aromatic carbocycles. The molecule has 2 amide bonds. The number of urea groups is 1. The zero-order valence-corrected chi connectivity index (χ0v) is 9.31. The average Bonchev–Trinajstić information content (AvgIpc) is 2.19. The Kier molecular flexibility index (Phi) is 4.32. The van der Waals surface area contributed by atoms with Crippen LogP contribution in [0.2, 0.25) is 0 Å². The number of nitrogens with two attached hydrogens (primary N) is 1. The minimum absolute atomic E-state index is 0.149. The number of primary amides is 1. The van der Waals surface area contributed by atoms with Crippen LogP contribution in [0.15, 0.2) is 29.4 Å². The number of carbonyl (C=O) groups is 1. The van der Waals surface area contributed by atoms with E-state index in [2.05, 4.69) is 10.5 Å². The molecule has 86 valence electrons. The SMILES string of the molecule is CC(C)Oc1ccc(C=NNC(N)=O)cc1. The van der Waals surface area contributed by atoms with Crippen LogP contribution in [0.1, 0.15) is 19.4 Å². The van der Waals surface area contributed by atoms with E-state index in [1.54, 1.807) is 0 Å². The van der Waals surface area contributed by atoms with Gasteiger partial charge < -0.3 is 10.5 Å². The van der Waals surface area contributed by atoms with E-state index in [9.17, 15) is 4.79 Å². The summed E-state index contributed by atoms with van der Waals surface area (Å²) < 4.78 is 5.48. The number of ether oxygens (including phenoxy) is 1. The first-order chi connectivity index (χ1) is 7.58. The van der Waals surface area contributed by atoms with E-state index in [0.717, 1.165) is 11.3 Å². The van der Waals surface area contributed by atoms with Crippen molar-refractivity contribution in [3.05, 3.63) is 29.8 Å². The first-order valence-electron chi connectivity index (χ1n) is 4.93. The molecule has 3 N–H and O–H groups in total. The van der Waals surface area contributed by atoms with Crippen LogP contribution in [0.4, 0.5) is 4.79 Å². The molecule has 0 spiro atoms. The fourth-order valence-corrected chi connectivity index (χ4v) is 1.08. The molecule has 0 heterocycles. The molecule has 0 aliphatic rings. The number of rotatable bonds is 4. The van der Waals surface area contributed by atoms with Gasteiger partial charge in [0.05, 0.1) is 12.3 Å². The monoisotopic (exact) mass is 221 g/mol. The molecule has 1 aromatic rings. The lowest BCUT2D eigenvalue weighted by Gasteiger charge is -2.08. The number of hydrazone groups is 1. The third kappa shape index (κ3) is 4.45. The van der Waals surface area contributed by atoms with E-state index in [0.29, 0.717) is 0 Å². The van der Waals surface area contributed by atoms with E-state index >= 15 is 0 Å².